The van der Waals surface area contributed by atoms with Crippen molar-refractivity contribution in [2.75, 3.05) is 0 Å². The topological polar surface area (TPSA) is 26.0 Å². The third kappa shape index (κ3) is 1.61. The van der Waals surface area contributed by atoms with Crippen molar-refractivity contribution in [3.05, 3.63) is 33.3 Å². The van der Waals surface area contributed by atoms with Gasteiger partial charge in [-0.05, 0) is 48.4 Å². The Morgan fingerprint density at radius 2 is 2.07 bits per heavy atom. The van der Waals surface area contributed by atoms with Gasteiger partial charge >= 0.3 is 0 Å². The molecule has 1 aliphatic carbocycles. The summed E-state index contributed by atoms with van der Waals surface area (Å²) in [5.74, 6) is 0. The molecule has 0 aromatic heterocycles. The number of fused-ring (bicyclic) bond motifs is 1. The maximum Gasteiger partial charge on any atom is 0.0295 e. The quantitative estimate of drug-likeness (QED) is 0.860. The van der Waals surface area contributed by atoms with E-state index in [1.165, 1.54) is 40.4 Å². The van der Waals surface area contributed by atoms with E-state index >= 15 is 0 Å². The Kier molecular flexibility index (Phi) is 2.93. The summed E-state index contributed by atoms with van der Waals surface area (Å²) in [5, 5.41) is 0. The Morgan fingerprint density at radius 3 is 2.79 bits per heavy atom. The Labute approximate surface area is 93.8 Å². The normalized spacial score (nSPS) is 16.8. The monoisotopic (exact) mass is 253 g/mol. The highest BCUT2D eigenvalue weighted by Crippen LogP contribution is 2.34. The van der Waals surface area contributed by atoms with E-state index < -0.39 is 0 Å². The molecule has 1 aromatic carbocycles. The summed E-state index contributed by atoms with van der Waals surface area (Å²) in [4.78, 5) is 0. The lowest BCUT2D eigenvalue weighted by molar-refractivity contribution is 0.690. The highest BCUT2D eigenvalue weighted by atomic mass is 79.9. The smallest absolute Gasteiger partial charge is 0.0295 e. The predicted molar refractivity (Wildman–Crippen MR) is 63.4 cm³/mol. The summed E-state index contributed by atoms with van der Waals surface area (Å²) >= 11 is 3.61. The van der Waals surface area contributed by atoms with Crippen LogP contribution in [0, 0.1) is 0 Å². The summed E-state index contributed by atoms with van der Waals surface area (Å²) in [6.07, 6.45) is 4.72. The Balaban J connectivity index is 2.48. The van der Waals surface area contributed by atoms with Crippen molar-refractivity contribution in [3.8, 4) is 0 Å². The summed E-state index contributed by atoms with van der Waals surface area (Å²) in [5.41, 5.74) is 10.5. The van der Waals surface area contributed by atoms with Crippen LogP contribution in [0.5, 0.6) is 0 Å². The lowest BCUT2D eigenvalue weighted by Gasteiger charge is -2.15. The molecular formula is C12H16BrN. The van der Waals surface area contributed by atoms with Gasteiger partial charge in [0.15, 0.2) is 0 Å². The first-order valence-corrected chi connectivity index (χ1v) is 6.09. The number of hydrogen-bond acceptors (Lipinski definition) is 1. The molecule has 0 saturated carbocycles. The summed E-state index contributed by atoms with van der Waals surface area (Å²) in [7, 11) is 0. The van der Waals surface area contributed by atoms with Crippen molar-refractivity contribution in [2.45, 2.75) is 38.6 Å². The molecule has 1 atom stereocenters. The molecule has 0 bridgehead atoms. The summed E-state index contributed by atoms with van der Waals surface area (Å²) in [6, 6.07) is 4.55. The average Bonchev–Trinajstić information content (AvgIpc) is 2.67. The van der Waals surface area contributed by atoms with Gasteiger partial charge in [0.05, 0.1) is 0 Å². The highest BCUT2D eigenvalue weighted by molar-refractivity contribution is 9.10. The van der Waals surface area contributed by atoms with Gasteiger partial charge in [-0.15, -0.1) is 0 Å². The maximum atomic E-state index is 6.10. The molecule has 0 fully saturated rings. The lowest BCUT2D eigenvalue weighted by atomic mass is 9.96. The van der Waals surface area contributed by atoms with Crippen LogP contribution in [0.2, 0.25) is 0 Å². The van der Waals surface area contributed by atoms with E-state index in [0.717, 1.165) is 6.42 Å². The SMILES string of the molecule is CC[C@@H](N)c1ccc(Br)c2c1CCC2. The molecule has 1 aromatic rings. The molecule has 14 heavy (non-hydrogen) atoms. The minimum atomic E-state index is 0.218. The number of rotatable bonds is 2. The molecule has 0 amide bonds. The Bertz CT molecular complexity index is 346. The second-order valence-electron chi connectivity index (χ2n) is 3.96. The van der Waals surface area contributed by atoms with Gasteiger partial charge in [0.1, 0.15) is 0 Å². The van der Waals surface area contributed by atoms with E-state index in [-0.39, 0.29) is 6.04 Å². The van der Waals surface area contributed by atoms with Crippen LogP contribution in [0.3, 0.4) is 0 Å². The van der Waals surface area contributed by atoms with E-state index in [1.807, 2.05) is 0 Å². The standard InChI is InChI=1S/C12H16BrN/c1-2-12(14)10-6-7-11(13)9-5-3-4-8(9)10/h6-7,12H,2-5,14H2,1H3/t12-/m1/s1. The first kappa shape index (κ1) is 10.2. The molecule has 2 heteroatoms. The molecule has 2 rings (SSSR count). The maximum absolute atomic E-state index is 6.10. The number of nitrogens with two attached hydrogens (primary N) is 1. The fourth-order valence-corrected chi connectivity index (χ4v) is 2.83. The first-order chi connectivity index (χ1) is 6.74. The zero-order chi connectivity index (χ0) is 10.1. The molecular weight excluding hydrogens is 238 g/mol. The molecule has 0 heterocycles. The van der Waals surface area contributed by atoms with Crippen molar-refractivity contribution in [3.63, 3.8) is 0 Å². The van der Waals surface area contributed by atoms with Crippen LogP contribution in [0.4, 0.5) is 0 Å². The van der Waals surface area contributed by atoms with Gasteiger partial charge in [0.25, 0.3) is 0 Å². The van der Waals surface area contributed by atoms with Crippen molar-refractivity contribution >= 4 is 15.9 Å². The van der Waals surface area contributed by atoms with Gasteiger partial charge in [0.2, 0.25) is 0 Å². The first-order valence-electron chi connectivity index (χ1n) is 5.29. The average molecular weight is 254 g/mol. The third-order valence-electron chi connectivity index (χ3n) is 3.10. The summed E-state index contributed by atoms with van der Waals surface area (Å²) in [6.45, 7) is 2.15. The number of halogens is 1. The molecule has 0 saturated heterocycles. The highest BCUT2D eigenvalue weighted by Gasteiger charge is 2.19. The lowest BCUT2D eigenvalue weighted by Crippen LogP contribution is -2.11. The van der Waals surface area contributed by atoms with Crippen LogP contribution >= 0.6 is 15.9 Å². The number of benzene rings is 1. The van der Waals surface area contributed by atoms with Crippen LogP contribution in [0.15, 0.2) is 16.6 Å². The fourth-order valence-electron chi connectivity index (χ4n) is 2.26. The minimum Gasteiger partial charge on any atom is -0.324 e. The molecule has 0 unspecified atom stereocenters. The second-order valence-corrected chi connectivity index (χ2v) is 4.82. The Hall–Kier alpha value is -0.340. The molecule has 1 nitrogen and oxygen atoms in total. The van der Waals surface area contributed by atoms with E-state index in [9.17, 15) is 0 Å². The van der Waals surface area contributed by atoms with Crippen molar-refractivity contribution in [2.24, 2.45) is 5.73 Å². The van der Waals surface area contributed by atoms with Crippen molar-refractivity contribution in [1.82, 2.24) is 0 Å². The minimum absolute atomic E-state index is 0.218. The van der Waals surface area contributed by atoms with Crippen LogP contribution < -0.4 is 5.73 Å². The molecule has 2 N–H and O–H groups in total. The van der Waals surface area contributed by atoms with Gasteiger partial charge in [-0.1, -0.05) is 28.9 Å². The third-order valence-corrected chi connectivity index (χ3v) is 3.85. The van der Waals surface area contributed by atoms with Gasteiger partial charge in [0, 0.05) is 10.5 Å². The zero-order valence-corrected chi connectivity index (χ0v) is 10.1. The predicted octanol–water partition coefficient (Wildman–Crippen LogP) is 3.35. The van der Waals surface area contributed by atoms with E-state index in [0.29, 0.717) is 0 Å². The van der Waals surface area contributed by atoms with Crippen LogP contribution in [0.1, 0.15) is 42.5 Å². The van der Waals surface area contributed by atoms with Gasteiger partial charge < -0.3 is 5.73 Å². The molecule has 0 aliphatic heterocycles. The van der Waals surface area contributed by atoms with Gasteiger partial charge in [-0.2, -0.15) is 0 Å². The molecule has 0 radical (unpaired) electrons. The summed E-state index contributed by atoms with van der Waals surface area (Å²) < 4.78 is 1.26. The largest absolute Gasteiger partial charge is 0.324 e. The molecule has 0 spiro atoms. The van der Waals surface area contributed by atoms with Crippen LogP contribution in [-0.2, 0) is 12.8 Å². The molecule has 76 valence electrons. The van der Waals surface area contributed by atoms with Crippen molar-refractivity contribution < 1.29 is 0 Å². The van der Waals surface area contributed by atoms with Gasteiger partial charge in [-0.3, -0.25) is 0 Å². The van der Waals surface area contributed by atoms with E-state index in [4.69, 9.17) is 5.73 Å². The van der Waals surface area contributed by atoms with Crippen molar-refractivity contribution in [1.29, 1.82) is 0 Å². The Morgan fingerprint density at radius 1 is 1.36 bits per heavy atom. The zero-order valence-electron chi connectivity index (χ0n) is 8.52. The number of hydrogen-bond donors (Lipinski definition) is 1. The van der Waals surface area contributed by atoms with E-state index in [2.05, 4.69) is 35.0 Å². The van der Waals surface area contributed by atoms with Crippen LogP contribution in [0.25, 0.3) is 0 Å². The second kappa shape index (κ2) is 4.03. The van der Waals surface area contributed by atoms with Gasteiger partial charge in [-0.25, -0.2) is 0 Å². The fraction of sp³-hybridized carbons (Fsp3) is 0.500. The van der Waals surface area contributed by atoms with Crippen LogP contribution in [-0.4, -0.2) is 0 Å². The molecule has 1 aliphatic rings. The van der Waals surface area contributed by atoms with E-state index in [1.54, 1.807) is 0 Å².